The predicted molar refractivity (Wildman–Crippen MR) is 80.8 cm³/mol. The fraction of sp³-hybridized carbons (Fsp3) is 0.938. The summed E-state index contributed by atoms with van der Waals surface area (Å²) in [6.07, 6.45) is 3.42. The Morgan fingerprint density at radius 1 is 1.10 bits per heavy atom. The third-order valence-electron chi connectivity index (χ3n) is 4.68. The van der Waals surface area contributed by atoms with Crippen LogP contribution in [0.5, 0.6) is 0 Å². The van der Waals surface area contributed by atoms with E-state index in [-0.39, 0.29) is 6.09 Å². The molecule has 0 unspecified atom stereocenters. The Kier molecular flexibility index (Phi) is 4.33. The Bertz CT molecular complexity index is 352. The summed E-state index contributed by atoms with van der Waals surface area (Å²) < 4.78 is 5.49. The van der Waals surface area contributed by atoms with Crippen LogP contribution in [-0.2, 0) is 4.74 Å². The van der Waals surface area contributed by atoms with Crippen LogP contribution in [0.25, 0.3) is 0 Å². The van der Waals surface area contributed by atoms with Crippen LogP contribution in [0, 0.1) is 5.41 Å². The van der Waals surface area contributed by atoms with E-state index in [1.54, 1.807) is 0 Å². The van der Waals surface area contributed by atoms with Gasteiger partial charge in [-0.05, 0) is 72.4 Å². The van der Waals surface area contributed by atoms with E-state index in [4.69, 9.17) is 4.74 Å². The maximum atomic E-state index is 12.2. The van der Waals surface area contributed by atoms with Gasteiger partial charge in [0.25, 0.3) is 0 Å². The summed E-state index contributed by atoms with van der Waals surface area (Å²) in [5.41, 5.74) is -0.0455. The second-order valence-electron chi connectivity index (χ2n) is 7.78. The standard InChI is InChI=1S/C16H30N2O2/c1-13(2)17-9-6-16(7-10-17)8-11-18(12-16)14(19)20-15(3,4)5/h13H,6-12H2,1-5H3. The number of likely N-dealkylation sites (tertiary alicyclic amines) is 2. The minimum absolute atomic E-state index is 0.138. The first-order chi connectivity index (χ1) is 9.21. The van der Waals surface area contributed by atoms with Crippen LogP contribution in [0.3, 0.4) is 0 Å². The number of hydrogen-bond donors (Lipinski definition) is 0. The zero-order chi connectivity index (χ0) is 15.0. The normalized spacial score (nSPS) is 23.6. The van der Waals surface area contributed by atoms with E-state index in [0.717, 1.165) is 19.5 Å². The van der Waals surface area contributed by atoms with E-state index in [0.29, 0.717) is 11.5 Å². The number of piperidine rings is 1. The van der Waals surface area contributed by atoms with E-state index in [2.05, 4.69) is 18.7 Å². The highest BCUT2D eigenvalue weighted by Crippen LogP contribution is 2.41. The highest BCUT2D eigenvalue weighted by atomic mass is 16.6. The number of amides is 1. The largest absolute Gasteiger partial charge is 0.444 e. The molecule has 2 heterocycles. The van der Waals surface area contributed by atoms with Gasteiger partial charge in [-0.1, -0.05) is 0 Å². The van der Waals surface area contributed by atoms with Crippen LogP contribution in [0.1, 0.15) is 53.9 Å². The third-order valence-corrected chi connectivity index (χ3v) is 4.68. The average molecular weight is 282 g/mol. The molecule has 2 fully saturated rings. The van der Waals surface area contributed by atoms with Crippen molar-refractivity contribution in [2.45, 2.75) is 65.5 Å². The van der Waals surface area contributed by atoms with Crippen LogP contribution in [0.15, 0.2) is 0 Å². The number of nitrogens with zero attached hydrogens (tertiary/aromatic N) is 2. The van der Waals surface area contributed by atoms with Gasteiger partial charge in [0.1, 0.15) is 5.60 Å². The van der Waals surface area contributed by atoms with Gasteiger partial charge in [0.05, 0.1) is 0 Å². The Morgan fingerprint density at radius 3 is 2.15 bits per heavy atom. The van der Waals surface area contributed by atoms with Crippen LogP contribution in [-0.4, -0.2) is 53.7 Å². The molecule has 1 spiro atoms. The third kappa shape index (κ3) is 3.66. The minimum atomic E-state index is -0.395. The SMILES string of the molecule is CC(C)N1CCC2(CCN(C(=O)OC(C)(C)C)C2)CC1. The zero-order valence-corrected chi connectivity index (χ0v) is 13.7. The minimum Gasteiger partial charge on any atom is -0.444 e. The molecule has 0 aromatic heterocycles. The molecule has 0 saturated carbocycles. The molecule has 20 heavy (non-hydrogen) atoms. The van der Waals surface area contributed by atoms with E-state index in [1.807, 2.05) is 25.7 Å². The van der Waals surface area contributed by atoms with E-state index >= 15 is 0 Å². The van der Waals surface area contributed by atoms with Crippen LogP contribution >= 0.6 is 0 Å². The quantitative estimate of drug-likeness (QED) is 0.741. The van der Waals surface area contributed by atoms with Crippen molar-refractivity contribution in [2.75, 3.05) is 26.2 Å². The van der Waals surface area contributed by atoms with Crippen molar-refractivity contribution in [1.29, 1.82) is 0 Å². The Labute approximate surface area is 123 Å². The van der Waals surface area contributed by atoms with E-state index in [9.17, 15) is 4.79 Å². The van der Waals surface area contributed by atoms with Crippen molar-refractivity contribution in [1.82, 2.24) is 9.80 Å². The fourth-order valence-electron chi connectivity index (χ4n) is 3.34. The molecule has 0 radical (unpaired) electrons. The topological polar surface area (TPSA) is 32.8 Å². The maximum absolute atomic E-state index is 12.2. The van der Waals surface area contributed by atoms with E-state index < -0.39 is 5.60 Å². The molecule has 4 heteroatoms. The summed E-state index contributed by atoms with van der Waals surface area (Å²) in [4.78, 5) is 16.6. The van der Waals surface area contributed by atoms with Crippen molar-refractivity contribution in [3.63, 3.8) is 0 Å². The lowest BCUT2D eigenvalue weighted by Gasteiger charge is -2.41. The van der Waals surface area contributed by atoms with Gasteiger partial charge in [0.15, 0.2) is 0 Å². The summed E-state index contributed by atoms with van der Waals surface area (Å²) >= 11 is 0. The summed E-state index contributed by atoms with van der Waals surface area (Å²) in [5, 5.41) is 0. The van der Waals surface area contributed by atoms with Crippen LogP contribution < -0.4 is 0 Å². The molecule has 2 saturated heterocycles. The first kappa shape index (κ1) is 15.6. The molecule has 0 aromatic carbocycles. The fourth-order valence-corrected chi connectivity index (χ4v) is 3.34. The molecule has 0 atom stereocenters. The van der Waals surface area contributed by atoms with Gasteiger partial charge in [-0.15, -0.1) is 0 Å². The first-order valence-corrected chi connectivity index (χ1v) is 7.93. The van der Waals surface area contributed by atoms with E-state index in [1.165, 1.54) is 25.9 Å². The monoisotopic (exact) mass is 282 g/mol. The predicted octanol–water partition coefficient (Wildman–Crippen LogP) is 3.12. The molecule has 0 bridgehead atoms. The number of rotatable bonds is 1. The smallest absolute Gasteiger partial charge is 0.410 e. The summed E-state index contributed by atoms with van der Waals surface area (Å²) in [5.74, 6) is 0. The van der Waals surface area contributed by atoms with Crippen molar-refractivity contribution < 1.29 is 9.53 Å². The lowest BCUT2D eigenvalue weighted by atomic mass is 9.77. The number of carbonyl (C=O) groups excluding carboxylic acids is 1. The van der Waals surface area contributed by atoms with Crippen molar-refractivity contribution >= 4 is 6.09 Å². The summed E-state index contributed by atoms with van der Waals surface area (Å²) in [6, 6.07) is 0.635. The molecule has 2 aliphatic heterocycles. The van der Waals surface area contributed by atoms with Crippen LogP contribution in [0.4, 0.5) is 4.79 Å². The van der Waals surface area contributed by atoms with Crippen molar-refractivity contribution in [3.8, 4) is 0 Å². The molecule has 4 nitrogen and oxygen atoms in total. The van der Waals surface area contributed by atoms with Gasteiger partial charge >= 0.3 is 6.09 Å². The molecule has 116 valence electrons. The van der Waals surface area contributed by atoms with Crippen LogP contribution in [0.2, 0.25) is 0 Å². The van der Waals surface area contributed by atoms with Crippen molar-refractivity contribution in [2.24, 2.45) is 5.41 Å². The molecule has 2 rings (SSSR count). The summed E-state index contributed by atoms with van der Waals surface area (Å²) in [6.45, 7) is 14.4. The highest BCUT2D eigenvalue weighted by Gasteiger charge is 2.43. The van der Waals surface area contributed by atoms with Gasteiger partial charge in [0, 0.05) is 19.1 Å². The molecular weight excluding hydrogens is 252 g/mol. The average Bonchev–Trinajstić information content (AvgIpc) is 2.72. The lowest BCUT2D eigenvalue weighted by Crippen LogP contribution is -2.45. The van der Waals surface area contributed by atoms with Gasteiger partial charge < -0.3 is 14.5 Å². The number of carbonyl (C=O) groups is 1. The lowest BCUT2D eigenvalue weighted by molar-refractivity contribution is 0.0239. The first-order valence-electron chi connectivity index (χ1n) is 7.93. The van der Waals surface area contributed by atoms with Gasteiger partial charge in [0.2, 0.25) is 0 Å². The Hall–Kier alpha value is -0.770. The Morgan fingerprint density at radius 2 is 1.65 bits per heavy atom. The maximum Gasteiger partial charge on any atom is 0.410 e. The second kappa shape index (κ2) is 5.55. The summed E-state index contributed by atoms with van der Waals surface area (Å²) in [7, 11) is 0. The number of hydrogen-bond acceptors (Lipinski definition) is 3. The van der Waals surface area contributed by atoms with Gasteiger partial charge in [-0.25, -0.2) is 4.79 Å². The molecule has 0 aromatic rings. The highest BCUT2D eigenvalue weighted by molar-refractivity contribution is 5.68. The van der Waals surface area contributed by atoms with Gasteiger partial charge in [-0.2, -0.15) is 0 Å². The second-order valence-corrected chi connectivity index (χ2v) is 7.78. The zero-order valence-electron chi connectivity index (χ0n) is 13.7. The molecule has 0 aliphatic carbocycles. The van der Waals surface area contributed by atoms with Gasteiger partial charge in [-0.3, -0.25) is 0 Å². The Balaban J connectivity index is 1.88. The van der Waals surface area contributed by atoms with Crippen molar-refractivity contribution in [3.05, 3.63) is 0 Å². The molecule has 1 amide bonds. The molecular formula is C16H30N2O2. The molecule has 2 aliphatic rings. The molecule has 0 N–H and O–H groups in total. The number of ether oxygens (including phenoxy) is 1.